The number of hydrogen-bond acceptors (Lipinski definition) is 5. The number of anilines is 2. The molecule has 8 heteroatoms. The van der Waals surface area contributed by atoms with Crippen molar-refractivity contribution < 1.29 is 9.59 Å². The molecule has 2 amide bonds. The molecule has 1 atom stereocenters. The molecule has 1 fully saturated rings. The lowest BCUT2D eigenvalue weighted by molar-refractivity contribution is -0.129. The normalized spacial score (nSPS) is 17.8. The third-order valence-corrected chi connectivity index (χ3v) is 5.47. The Labute approximate surface area is 155 Å². The predicted molar refractivity (Wildman–Crippen MR) is 99.2 cm³/mol. The molecular formula is C17H19ClN4O2S. The number of nitrogens with zero attached hydrogens (tertiary/aromatic N) is 3. The maximum absolute atomic E-state index is 12.6. The van der Waals surface area contributed by atoms with E-state index in [4.69, 9.17) is 11.6 Å². The molecule has 0 radical (unpaired) electrons. The minimum Gasteiger partial charge on any atom is -0.312 e. The minimum absolute atomic E-state index is 0.130. The molecule has 0 saturated carbocycles. The van der Waals surface area contributed by atoms with Crippen molar-refractivity contribution in [1.29, 1.82) is 0 Å². The van der Waals surface area contributed by atoms with Crippen molar-refractivity contribution in [1.82, 2.24) is 10.2 Å². The lowest BCUT2D eigenvalue weighted by Gasteiger charge is -2.16. The van der Waals surface area contributed by atoms with Gasteiger partial charge in [0.25, 0.3) is 0 Å². The number of nitrogens with one attached hydrogen (secondary N) is 1. The Balaban J connectivity index is 1.68. The maximum Gasteiger partial charge on any atom is 0.239 e. The highest BCUT2D eigenvalue weighted by atomic mass is 35.5. The number of halogens is 1. The van der Waals surface area contributed by atoms with Gasteiger partial charge >= 0.3 is 0 Å². The zero-order chi connectivity index (χ0) is 18.2. The second-order valence-electron chi connectivity index (χ2n) is 6.96. The van der Waals surface area contributed by atoms with Crippen LogP contribution in [0.5, 0.6) is 0 Å². The van der Waals surface area contributed by atoms with Gasteiger partial charge in [-0.1, -0.05) is 43.7 Å². The van der Waals surface area contributed by atoms with Gasteiger partial charge < -0.3 is 4.90 Å². The second-order valence-corrected chi connectivity index (χ2v) is 8.37. The molecular weight excluding hydrogens is 360 g/mol. The average molecular weight is 379 g/mol. The van der Waals surface area contributed by atoms with E-state index in [9.17, 15) is 9.59 Å². The van der Waals surface area contributed by atoms with Crippen LogP contribution in [0.1, 0.15) is 32.2 Å². The van der Waals surface area contributed by atoms with Crippen LogP contribution in [0.15, 0.2) is 24.3 Å². The van der Waals surface area contributed by atoms with Crippen molar-refractivity contribution in [3.63, 3.8) is 0 Å². The highest BCUT2D eigenvalue weighted by Crippen LogP contribution is 2.30. The van der Waals surface area contributed by atoms with Crippen molar-refractivity contribution in [2.24, 2.45) is 5.92 Å². The standard InChI is InChI=1S/C17H19ClN4O2S/c1-17(2,3)15-20-21-16(25-15)19-13(23)12-8-9-22(14(12)24)11-6-4-10(18)5-7-11/h4-7,12H,8-9H2,1-3H3,(H,19,21,23). The first-order chi connectivity index (χ1) is 11.8. The summed E-state index contributed by atoms with van der Waals surface area (Å²) in [5, 5.41) is 12.7. The summed E-state index contributed by atoms with van der Waals surface area (Å²) < 4.78 is 0. The first kappa shape index (κ1) is 17.8. The van der Waals surface area contributed by atoms with Gasteiger partial charge in [0.05, 0.1) is 0 Å². The molecule has 1 unspecified atom stereocenters. The summed E-state index contributed by atoms with van der Waals surface area (Å²) in [7, 11) is 0. The Kier molecular flexibility index (Phi) is 4.79. The van der Waals surface area contributed by atoms with E-state index in [1.54, 1.807) is 29.2 Å². The van der Waals surface area contributed by atoms with Gasteiger partial charge in [0.1, 0.15) is 10.9 Å². The highest BCUT2D eigenvalue weighted by Gasteiger charge is 2.38. The van der Waals surface area contributed by atoms with Crippen LogP contribution in [0.25, 0.3) is 0 Å². The molecule has 1 aliphatic rings. The van der Waals surface area contributed by atoms with Crippen molar-refractivity contribution in [2.75, 3.05) is 16.8 Å². The summed E-state index contributed by atoms with van der Waals surface area (Å²) in [6, 6.07) is 7.02. The number of carbonyl (C=O) groups excluding carboxylic acids is 2. The average Bonchev–Trinajstić information content (AvgIpc) is 3.15. The monoisotopic (exact) mass is 378 g/mol. The Bertz CT molecular complexity index is 798. The number of aromatic nitrogens is 2. The first-order valence-corrected chi connectivity index (χ1v) is 9.17. The minimum atomic E-state index is -0.710. The van der Waals surface area contributed by atoms with Gasteiger partial charge in [0.2, 0.25) is 16.9 Å². The van der Waals surface area contributed by atoms with Gasteiger partial charge in [-0.15, -0.1) is 10.2 Å². The van der Waals surface area contributed by atoms with Crippen LogP contribution in [-0.2, 0) is 15.0 Å². The number of amides is 2. The number of hydrogen-bond donors (Lipinski definition) is 1. The Morgan fingerprint density at radius 3 is 2.56 bits per heavy atom. The molecule has 1 saturated heterocycles. The first-order valence-electron chi connectivity index (χ1n) is 7.97. The van der Waals surface area contributed by atoms with Crippen LogP contribution in [0.3, 0.4) is 0 Å². The number of benzene rings is 1. The molecule has 2 aromatic rings. The molecule has 0 aliphatic carbocycles. The molecule has 132 valence electrons. The molecule has 2 heterocycles. The molecule has 0 spiro atoms. The zero-order valence-electron chi connectivity index (χ0n) is 14.2. The second kappa shape index (κ2) is 6.72. The smallest absolute Gasteiger partial charge is 0.239 e. The fraction of sp³-hybridized carbons (Fsp3) is 0.412. The molecule has 1 N–H and O–H groups in total. The highest BCUT2D eigenvalue weighted by molar-refractivity contribution is 7.15. The third kappa shape index (κ3) is 3.82. The van der Waals surface area contributed by atoms with Gasteiger partial charge in [-0.05, 0) is 30.7 Å². The van der Waals surface area contributed by atoms with E-state index in [0.29, 0.717) is 23.1 Å². The molecule has 1 aromatic heterocycles. The topological polar surface area (TPSA) is 75.2 Å². The largest absolute Gasteiger partial charge is 0.312 e. The number of carbonyl (C=O) groups is 2. The van der Waals surface area contributed by atoms with Crippen molar-refractivity contribution in [2.45, 2.75) is 32.6 Å². The molecule has 0 bridgehead atoms. The summed E-state index contributed by atoms with van der Waals surface area (Å²) in [4.78, 5) is 26.7. The van der Waals surface area contributed by atoms with Gasteiger partial charge in [0, 0.05) is 22.7 Å². The Morgan fingerprint density at radius 1 is 1.28 bits per heavy atom. The van der Waals surface area contributed by atoms with E-state index >= 15 is 0 Å². The summed E-state index contributed by atoms with van der Waals surface area (Å²) in [5.74, 6) is -1.25. The molecule has 1 aromatic carbocycles. The van der Waals surface area contributed by atoms with Gasteiger partial charge in [-0.3, -0.25) is 14.9 Å². The molecule has 1 aliphatic heterocycles. The van der Waals surface area contributed by atoms with Crippen LogP contribution < -0.4 is 10.2 Å². The molecule has 3 rings (SSSR count). The summed E-state index contributed by atoms with van der Waals surface area (Å²) >= 11 is 7.21. The van der Waals surface area contributed by atoms with Crippen LogP contribution >= 0.6 is 22.9 Å². The van der Waals surface area contributed by atoms with Crippen molar-refractivity contribution in [3.05, 3.63) is 34.3 Å². The molecule has 25 heavy (non-hydrogen) atoms. The quantitative estimate of drug-likeness (QED) is 0.829. The number of rotatable bonds is 3. The summed E-state index contributed by atoms with van der Waals surface area (Å²) in [6.45, 7) is 6.60. The van der Waals surface area contributed by atoms with E-state index < -0.39 is 5.92 Å². The van der Waals surface area contributed by atoms with E-state index in [1.807, 2.05) is 20.8 Å². The Morgan fingerprint density at radius 2 is 1.96 bits per heavy atom. The predicted octanol–water partition coefficient (Wildman–Crippen LogP) is 3.48. The van der Waals surface area contributed by atoms with Gasteiger partial charge in [-0.25, -0.2) is 0 Å². The zero-order valence-corrected chi connectivity index (χ0v) is 15.8. The SMILES string of the molecule is CC(C)(C)c1nnc(NC(=O)C2CCN(c3ccc(Cl)cc3)C2=O)s1. The van der Waals surface area contributed by atoms with Crippen molar-refractivity contribution >= 4 is 45.6 Å². The van der Waals surface area contributed by atoms with E-state index in [-0.39, 0.29) is 17.2 Å². The third-order valence-electron chi connectivity index (χ3n) is 3.96. The summed E-state index contributed by atoms with van der Waals surface area (Å²) in [5.41, 5.74) is 0.616. The fourth-order valence-corrected chi connectivity index (χ4v) is 3.50. The van der Waals surface area contributed by atoms with Crippen LogP contribution in [0, 0.1) is 5.92 Å². The lowest BCUT2D eigenvalue weighted by atomic mass is 9.98. The van der Waals surface area contributed by atoms with Crippen LogP contribution in [-0.4, -0.2) is 28.6 Å². The van der Waals surface area contributed by atoms with E-state index in [1.165, 1.54) is 11.3 Å². The summed E-state index contributed by atoms with van der Waals surface area (Å²) in [6.07, 6.45) is 0.470. The van der Waals surface area contributed by atoms with Crippen molar-refractivity contribution in [3.8, 4) is 0 Å². The van der Waals surface area contributed by atoms with E-state index in [2.05, 4.69) is 15.5 Å². The van der Waals surface area contributed by atoms with Gasteiger partial charge in [-0.2, -0.15) is 0 Å². The maximum atomic E-state index is 12.6. The van der Waals surface area contributed by atoms with Crippen LogP contribution in [0.4, 0.5) is 10.8 Å². The fourth-order valence-electron chi connectivity index (χ4n) is 2.57. The van der Waals surface area contributed by atoms with Gasteiger partial charge in [0.15, 0.2) is 0 Å². The lowest BCUT2D eigenvalue weighted by Crippen LogP contribution is -2.33. The molecule has 6 nitrogen and oxygen atoms in total. The van der Waals surface area contributed by atoms with Crippen LogP contribution in [0.2, 0.25) is 5.02 Å². The Hall–Kier alpha value is -1.99. The van der Waals surface area contributed by atoms with E-state index in [0.717, 1.165) is 10.7 Å².